The Morgan fingerprint density at radius 1 is 1.06 bits per heavy atom. The van der Waals surface area contributed by atoms with E-state index < -0.39 is 17.4 Å². The molecule has 1 atom stereocenters. The van der Waals surface area contributed by atoms with Crippen molar-refractivity contribution in [1.82, 2.24) is 0 Å². The second-order valence-corrected chi connectivity index (χ2v) is 10.7. The van der Waals surface area contributed by atoms with Crippen LogP contribution in [-0.2, 0) is 13.6 Å². The summed E-state index contributed by atoms with van der Waals surface area (Å²) in [6.45, 7) is 7.86. The van der Waals surface area contributed by atoms with Crippen LogP contribution in [0.25, 0.3) is 0 Å². The summed E-state index contributed by atoms with van der Waals surface area (Å²) in [5, 5.41) is 0. The zero-order chi connectivity index (χ0) is 13.6. The fourth-order valence-electron chi connectivity index (χ4n) is 1.07. The van der Waals surface area contributed by atoms with E-state index in [9.17, 15) is 4.80 Å². The molecular formula is C11H20O5Si2. The van der Waals surface area contributed by atoms with Gasteiger partial charge in [-0.1, -0.05) is 18.2 Å². The van der Waals surface area contributed by atoms with Gasteiger partial charge in [-0.25, -0.2) is 0 Å². The third kappa shape index (κ3) is 5.76. The average molecular weight is 288 g/mol. The molecule has 0 aliphatic carbocycles. The van der Waals surface area contributed by atoms with E-state index in [1.54, 1.807) is 31.2 Å². The van der Waals surface area contributed by atoms with Crippen molar-refractivity contribution in [2.75, 3.05) is 6.61 Å². The highest BCUT2D eigenvalue weighted by molar-refractivity contribution is 6.70. The topological polar surface area (TPSA) is 57.2 Å². The summed E-state index contributed by atoms with van der Waals surface area (Å²) in [5.41, 5.74) is 0. The fourth-order valence-corrected chi connectivity index (χ4v) is 3.43. The number of rotatable bonds is 7. The predicted octanol–water partition coefficient (Wildman–Crippen LogP) is 2.31. The molecule has 0 fully saturated rings. The maximum absolute atomic E-state index is 10.2. The zero-order valence-electron chi connectivity index (χ0n) is 11.2. The molecule has 0 saturated carbocycles. The maximum atomic E-state index is 10.2. The molecule has 0 bridgehead atoms. The minimum Gasteiger partial charge on any atom is -0.479 e. The molecule has 0 aliphatic rings. The Hall–Kier alpha value is -0.706. The highest BCUT2D eigenvalue weighted by atomic mass is 28.4. The minimum atomic E-state index is -3.79. The third-order valence-corrected chi connectivity index (χ3v) is 3.90. The molecule has 18 heavy (non-hydrogen) atoms. The van der Waals surface area contributed by atoms with Gasteiger partial charge in [-0.05, 0) is 38.7 Å². The Morgan fingerprint density at radius 3 is 2.17 bits per heavy atom. The largest absolute Gasteiger partial charge is 0.774 e. The Morgan fingerprint density at radius 2 is 1.67 bits per heavy atom. The van der Waals surface area contributed by atoms with Crippen LogP contribution in [0.4, 0.5) is 0 Å². The standard InChI is InChI=1S/C11H20O5Si2/c1-5-13-18(12,16-15-17(2,3)4)14-11-9-7-6-8-10-11/h6-10,12H,5H2,1-4H3. The Balaban J connectivity index is 2.68. The number of benzene rings is 1. The first kappa shape index (κ1) is 15.4. The highest BCUT2D eigenvalue weighted by Crippen LogP contribution is 2.17. The van der Waals surface area contributed by atoms with Crippen LogP contribution < -0.4 is 4.43 Å². The van der Waals surface area contributed by atoms with Gasteiger partial charge in [0.05, 0.1) is 0 Å². The summed E-state index contributed by atoms with van der Waals surface area (Å²) in [7, 11) is -5.71. The van der Waals surface area contributed by atoms with Gasteiger partial charge in [-0.2, -0.15) is 4.58 Å². The first-order chi connectivity index (χ1) is 8.35. The molecule has 0 heterocycles. The lowest BCUT2D eigenvalue weighted by Gasteiger charge is -2.25. The molecule has 0 radical (unpaired) electrons. The molecule has 0 amide bonds. The van der Waals surface area contributed by atoms with E-state index in [1.165, 1.54) is 0 Å². The molecule has 5 nitrogen and oxygen atoms in total. The van der Waals surface area contributed by atoms with Gasteiger partial charge in [-0.3, -0.25) is 4.58 Å². The van der Waals surface area contributed by atoms with Crippen LogP contribution in [0.15, 0.2) is 30.3 Å². The van der Waals surface area contributed by atoms with Gasteiger partial charge in [0, 0.05) is 6.61 Å². The Kier molecular flexibility index (Phi) is 5.51. The smallest absolute Gasteiger partial charge is 0.479 e. The van der Waals surface area contributed by atoms with Gasteiger partial charge in [-0.15, -0.1) is 0 Å². The SMILES string of the molecule is CCO[Si](O)(OO[Si](C)(C)C)Oc1ccccc1. The monoisotopic (exact) mass is 288 g/mol. The van der Waals surface area contributed by atoms with Gasteiger partial charge in [0.2, 0.25) is 8.32 Å². The Bertz CT molecular complexity index is 354. The molecule has 0 saturated heterocycles. The van der Waals surface area contributed by atoms with Crippen molar-refractivity contribution < 1.29 is 22.8 Å². The predicted molar refractivity (Wildman–Crippen MR) is 72.2 cm³/mol. The van der Waals surface area contributed by atoms with Crippen molar-refractivity contribution in [2.45, 2.75) is 26.6 Å². The summed E-state index contributed by atoms with van der Waals surface area (Å²) >= 11 is 0. The van der Waals surface area contributed by atoms with Crippen LogP contribution in [0.1, 0.15) is 6.92 Å². The summed E-state index contributed by atoms with van der Waals surface area (Å²) < 4.78 is 20.8. The summed E-state index contributed by atoms with van der Waals surface area (Å²) in [4.78, 5) is 10.2. The highest BCUT2D eigenvalue weighted by Gasteiger charge is 2.47. The molecular weight excluding hydrogens is 268 g/mol. The van der Waals surface area contributed by atoms with Gasteiger partial charge in [0.1, 0.15) is 5.75 Å². The number of para-hydroxylation sites is 1. The van der Waals surface area contributed by atoms with E-state index >= 15 is 0 Å². The van der Waals surface area contributed by atoms with E-state index in [0.717, 1.165) is 0 Å². The minimum absolute atomic E-state index is 0.282. The van der Waals surface area contributed by atoms with Crippen molar-refractivity contribution in [1.29, 1.82) is 0 Å². The molecule has 1 rings (SSSR count). The molecule has 0 aromatic heterocycles. The Labute approximate surface area is 110 Å². The summed E-state index contributed by atoms with van der Waals surface area (Å²) in [6.07, 6.45) is 0. The lowest BCUT2D eigenvalue weighted by molar-refractivity contribution is -0.190. The number of hydrogen-bond acceptors (Lipinski definition) is 5. The summed E-state index contributed by atoms with van der Waals surface area (Å²) in [5.74, 6) is 0.485. The van der Waals surface area contributed by atoms with Crippen LogP contribution in [0.2, 0.25) is 19.6 Å². The molecule has 0 aliphatic heterocycles. The first-order valence-electron chi connectivity index (χ1n) is 5.82. The van der Waals surface area contributed by atoms with Gasteiger partial charge >= 0.3 is 9.05 Å². The molecule has 1 aromatic carbocycles. The van der Waals surface area contributed by atoms with Crippen LogP contribution in [0, 0.1) is 0 Å². The third-order valence-electron chi connectivity index (χ3n) is 1.71. The average Bonchev–Trinajstić information content (AvgIpc) is 2.27. The van der Waals surface area contributed by atoms with E-state index in [2.05, 4.69) is 0 Å². The molecule has 7 heteroatoms. The quantitative estimate of drug-likeness (QED) is 0.474. The molecule has 102 valence electrons. The number of hydrogen-bond donors (Lipinski definition) is 1. The lowest BCUT2D eigenvalue weighted by atomic mass is 10.3. The van der Waals surface area contributed by atoms with Crippen LogP contribution in [-0.4, -0.2) is 28.8 Å². The second-order valence-electron chi connectivity index (χ2n) is 4.65. The van der Waals surface area contributed by atoms with Crippen molar-refractivity contribution in [3.63, 3.8) is 0 Å². The van der Waals surface area contributed by atoms with Gasteiger partial charge in [0.15, 0.2) is 0 Å². The van der Waals surface area contributed by atoms with Crippen molar-refractivity contribution in [3.05, 3.63) is 30.3 Å². The van der Waals surface area contributed by atoms with Crippen LogP contribution in [0.3, 0.4) is 0 Å². The van der Waals surface area contributed by atoms with Gasteiger partial charge in [0.25, 0.3) is 0 Å². The molecule has 1 aromatic rings. The maximum Gasteiger partial charge on any atom is 0.774 e. The second kappa shape index (κ2) is 6.46. The molecule has 0 spiro atoms. The molecule has 1 N–H and O–H groups in total. The van der Waals surface area contributed by atoms with E-state index in [-0.39, 0.29) is 6.61 Å². The van der Waals surface area contributed by atoms with E-state index in [0.29, 0.717) is 5.75 Å². The first-order valence-corrected chi connectivity index (χ1v) is 10.9. The summed E-state index contributed by atoms with van der Waals surface area (Å²) in [6, 6.07) is 8.89. The van der Waals surface area contributed by atoms with Crippen LogP contribution >= 0.6 is 0 Å². The fraction of sp³-hybridized carbons (Fsp3) is 0.455. The van der Waals surface area contributed by atoms with E-state index in [1.807, 2.05) is 25.7 Å². The van der Waals surface area contributed by atoms with E-state index in [4.69, 9.17) is 18.0 Å². The normalized spacial score (nSPS) is 15.2. The van der Waals surface area contributed by atoms with Gasteiger partial charge < -0.3 is 13.6 Å². The lowest BCUT2D eigenvalue weighted by Crippen LogP contribution is -2.51. The van der Waals surface area contributed by atoms with Crippen LogP contribution in [0.5, 0.6) is 5.75 Å². The van der Waals surface area contributed by atoms with Crippen molar-refractivity contribution in [3.8, 4) is 5.75 Å². The van der Waals surface area contributed by atoms with Crippen molar-refractivity contribution in [2.24, 2.45) is 0 Å². The van der Waals surface area contributed by atoms with Crippen molar-refractivity contribution >= 4 is 17.4 Å². The molecule has 1 unspecified atom stereocenters. The zero-order valence-corrected chi connectivity index (χ0v) is 13.2.